The summed E-state index contributed by atoms with van der Waals surface area (Å²) in [5, 5.41) is 20.2. The number of amides is 1. The second-order valence-corrected chi connectivity index (χ2v) is 8.58. The normalized spacial score (nSPS) is 10.3. The SMILES string of the molecule is CCOc1ccc(OCCCC(=O)Nc2nnc(SCc3ccc(C#N)cc3)s2)cc1. The summed E-state index contributed by atoms with van der Waals surface area (Å²) < 4.78 is 11.8. The fraction of sp³-hybridized carbons (Fsp3) is 0.273. The van der Waals surface area contributed by atoms with Gasteiger partial charge in [0.2, 0.25) is 11.0 Å². The largest absolute Gasteiger partial charge is 0.494 e. The van der Waals surface area contributed by atoms with Gasteiger partial charge in [-0.15, -0.1) is 10.2 Å². The van der Waals surface area contributed by atoms with Gasteiger partial charge >= 0.3 is 0 Å². The maximum absolute atomic E-state index is 12.1. The van der Waals surface area contributed by atoms with Crippen molar-refractivity contribution in [2.45, 2.75) is 29.9 Å². The second-order valence-electron chi connectivity index (χ2n) is 6.38. The number of nitrogens with zero attached hydrogens (tertiary/aromatic N) is 3. The van der Waals surface area contributed by atoms with Gasteiger partial charge in [-0.3, -0.25) is 4.79 Å². The number of carbonyl (C=O) groups excluding carboxylic acids is 1. The van der Waals surface area contributed by atoms with Gasteiger partial charge in [-0.1, -0.05) is 35.2 Å². The number of hydrogen-bond donors (Lipinski definition) is 1. The first-order chi connectivity index (χ1) is 15.2. The predicted octanol–water partition coefficient (Wildman–Crippen LogP) is 4.90. The smallest absolute Gasteiger partial charge is 0.226 e. The summed E-state index contributed by atoms with van der Waals surface area (Å²) in [6.45, 7) is 3.01. The van der Waals surface area contributed by atoms with Gasteiger partial charge in [0.15, 0.2) is 4.34 Å². The molecule has 1 aromatic heterocycles. The van der Waals surface area contributed by atoms with Gasteiger partial charge in [-0.05, 0) is 55.3 Å². The van der Waals surface area contributed by atoms with Crippen molar-refractivity contribution in [3.05, 3.63) is 59.7 Å². The van der Waals surface area contributed by atoms with Crippen molar-refractivity contribution in [1.82, 2.24) is 10.2 Å². The molecule has 1 amide bonds. The minimum Gasteiger partial charge on any atom is -0.494 e. The number of hydrogen-bond acceptors (Lipinski definition) is 8. The molecular formula is C22H22N4O3S2. The van der Waals surface area contributed by atoms with Gasteiger partial charge in [0.25, 0.3) is 0 Å². The van der Waals surface area contributed by atoms with Crippen LogP contribution in [0.5, 0.6) is 11.5 Å². The van der Waals surface area contributed by atoms with E-state index in [-0.39, 0.29) is 5.91 Å². The van der Waals surface area contributed by atoms with Crippen LogP contribution < -0.4 is 14.8 Å². The predicted molar refractivity (Wildman–Crippen MR) is 122 cm³/mol. The van der Waals surface area contributed by atoms with Crippen molar-refractivity contribution >= 4 is 34.1 Å². The molecule has 0 radical (unpaired) electrons. The molecular weight excluding hydrogens is 432 g/mol. The minimum absolute atomic E-state index is 0.116. The first-order valence-electron chi connectivity index (χ1n) is 9.77. The number of carbonyl (C=O) groups is 1. The number of ether oxygens (including phenoxy) is 2. The number of nitrogens with one attached hydrogen (secondary N) is 1. The molecule has 0 saturated heterocycles. The molecule has 1 N–H and O–H groups in total. The zero-order valence-electron chi connectivity index (χ0n) is 17.0. The highest BCUT2D eigenvalue weighted by atomic mass is 32.2. The van der Waals surface area contributed by atoms with Gasteiger partial charge in [0.1, 0.15) is 11.5 Å². The van der Waals surface area contributed by atoms with E-state index in [0.29, 0.717) is 36.8 Å². The highest BCUT2D eigenvalue weighted by Crippen LogP contribution is 2.28. The van der Waals surface area contributed by atoms with Crippen molar-refractivity contribution < 1.29 is 14.3 Å². The zero-order valence-corrected chi connectivity index (χ0v) is 18.7. The molecule has 0 aliphatic rings. The highest BCUT2D eigenvalue weighted by molar-refractivity contribution is 8.00. The number of aromatic nitrogens is 2. The molecule has 0 spiro atoms. The summed E-state index contributed by atoms with van der Waals surface area (Å²) in [4.78, 5) is 12.1. The van der Waals surface area contributed by atoms with Crippen molar-refractivity contribution in [2.75, 3.05) is 18.5 Å². The van der Waals surface area contributed by atoms with Gasteiger partial charge in [0, 0.05) is 12.2 Å². The van der Waals surface area contributed by atoms with Crippen LogP contribution in [0.4, 0.5) is 5.13 Å². The Morgan fingerprint density at radius 2 is 1.81 bits per heavy atom. The fourth-order valence-electron chi connectivity index (χ4n) is 2.54. The van der Waals surface area contributed by atoms with E-state index in [2.05, 4.69) is 21.6 Å². The van der Waals surface area contributed by atoms with Crippen molar-refractivity contribution in [2.24, 2.45) is 0 Å². The Morgan fingerprint density at radius 3 is 2.48 bits per heavy atom. The van der Waals surface area contributed by atoms with Crippen LogP contribution >= 0.6 is 23.1 Å². The average Bonchev–Trinajstić information content (AvgIpc) is 3.24. The van der Waals surface area contributed by atoms with Crippen LogP contribution in [0.15, 0.2) is 52.9 Å². The lowest BCUT2D eigenvalue weighted by Gasteiger charge is -2.07. The van der Waals surface area contributed by atoms with Crippen LogP contribution in [0.2, 0.25) is 0 Å². The van der Waals surface area contributed by atoms with Crippen LogP contribution in [0.1, 0.15) is 30.9 Å². The Balaban J connectivity index is 1.35. The first-order valence-corrected chi connectivity index (χ1v) is 11.6. The summed E-state index contributed by atoms with van der Waals surface area (Å²) in [5.41, 5.74) is 1.73. The standard InChI is InChI=1S/C22H22N4O3S2/c1-2-28-18-9-11-19(12-10-18)29-13-3-4-20(27)24-21-25-26-22(31-21)30-15-17-7-5-16(14-23)6-8-17/h5-12H,2-4,13,15H2,1H3,(H,24,25,27). The van der Waals surface area contributed by atoms with Gasteiger partial charge in [-0.2, -0.15) is 5.26 Å². The summed E-state index contributed by atoms with van der Waals surface area (Å²) in [6, 6.07) is 17.0. The molecule has 0 saturated carbocycles. The number of benzene rings is 2. The topological polar surface area (TPSA) is 97.1 Å². The highest BCUT2D eigenvalue weighted by Gasteiger charge is 2.09. The maximum atomic E-state index is 12.1. The lowest BCUT2D eigenvalue weighted by atomic mass is 10.2. The average molecular weight is 455 g/mol. The van der Waals surface area contributed by atoms with Crippen LogP contribution in [0.25, 0.3) is 0 Å². The molecule has 0 unspecified atom stereocenters. The summed E-state index contributed by atoms with van der Waals surface area (Å²) in [7, 11) is 0. The van der Waals surface area contributed by atoms with Crippen molar-refractivity contribution in [3.8, 4) is 17.6 Å². The first kappa shape index (κ1) is 22.6. The van der Waals surface area contributed by atoms with E-state index in [1.165, 1.54) is 23.1 Å². The lowest BCUT2D eigenvalue weighted by molar-refractivity contribution is -0.116. The summed E-state index contributed by atoms with van der Waals surface area (Å²) in [5.74, 6) is 2.16. The van der Waals surface area contributed by atoms with Crippen molar-refractivity contribution in [1.29, 1.82) is 5.26 Å². The Morgan fingerprint density at radius 1 is 1.10 bits per heavy atom. The lowest BCUT2D eigenvalue weighted by Crippen LogP contribution is -2.12. The van der Waals surface area contributed by atoms with Crippen LogP contribution in [-0.4, -0.2) is 29.3 Å². The minimum atomic E-state index is -0.116. The molecule has 9 heteroatoms. The van der Waals surface area contributed by atoms with Gasteiger partial charge in [-0.25, -0.2) is 0 Å². The van der Waals surface area contributed by atoms with Crippen molar-refractivity contribution in [3.63, 3.8) is 0 Å². The second kappa shape index (κ2) is 11.9. The number of rotatable bonds is 11. The molecule has 2 aromatic carbocycles. The molecule has 31 heavy (non-hydrogen) atoms. The zero-order chi connectivity index (χ0) is 21.9. The fourth-order valence-corrected chi connectivity index (χ4v) is 4.27. The Labute approximate surface area is 189 Å². The number of nitriles is 1. The Kier molecular flexibility index (Phi) is 8.70. The third-order valence-electron chi connectivity index (χ3n) is 4.05. The molecule has 0 aliphatic heterocycles. The quantitative estimate of drug-likeness (QED) is 0.250. The molecule has 3 aromatic rings. The van der Waals surface area contributed by atoms with Crippen LogP contribution in [0, 0.1) is 11.3 Å². The van der Waals surface area contributed by atoms with E-state index in [1.54, 1.807) is 12.1 Å². The van der Waals surface area contributed by atoms with E-state index in [1.807, 2.05) is 43.3 Å². The van der Waals surface area contributed by atoms with Gasteiger partial charge < -0.3 is 14.8 Å². The molecule has 0 fully saturated rings. The van der Waals surface area contributed by atoms with E-state index in [9.17, 15) is 4.79 Å². The Hall–Kier alpha value is -3.09. The molecule has 3 rings (SSSR count). The van der Waals surface area contributed by atoms with E-state index < -0.39 is 0 Å². The molecule has 160 valence electrons. The van der Waals surface area contributed by atoms with E-state index in [0.717, 1.165) is 27.2 Å². The van der Waals surface area contributed by atoms with E-state index in [4.69, 9.17) is 14.7 Å². The molecule has 7 nitrogen and oxygen atoms in total. The molecule has 0 aliphatic carbocycles. The molecule has 0 atom stereocenters. The van der Waals surface area contributed by atoms with E-state index >= 15 is 0 Å². The monoisotopic (exact) mass is 454 g/mol. The number of thioether (sulfide) groups is 1. The summed E-state index contributed by atoms with van der Waals surface area (Å²) >= 11 is 2.88. The number of anilines is 1. The van der Waals surface area contributed by atoms with Crippen LogP contribution in [-0.2, 0) is 10.5 Å². The van der Waals surface area contributed by atoms with Crippen LogP contribution in [0.3, 0.4) is 0 Å². The summed E-state index contributed by atoms with van der Waals surface area (Å²) in [6.07, 6.45) is 0.933. The third kappa shape index (κ3) is 7.59. The molecule has 1 heterocycles. The Bertz CT molecular complexity index is 1010. The van der Waals surface area contributed by atoms with Gasteiger partial charge in [0.05, 0.1) is 24.8 Å². The maximum Gasteiger partial charge on any atom is 0.226 e. The molecule has 0 bridgehead atoms. The third-order valence-corrected chi connectivity index (χ3v) is 6.09.